The van der Waals surface area contributed by atoms with Gasteiger partial charge in [-0.15, -0.1) is 0 Å². The van der Waals surface area contributed by atoms with Gasteiger partial charge in [-0.2, -0.15) is 0 Å². The molecule has 2 amide bonds. The Morgan fingerprint density at radius 3 is 2.41 bits per heavy atom. The van der Waals surface area contributed by atoms with E-state index in [4.69, 9.17) is 0 Å². The van der Waals surface area contributed by atoms with Crippen LogP contribution in [0.25, 0.3) is 0 Å². The molecule has 0 spiro atoms. The SMILES string of the molecule is O=C(O)CC1(NC(=O)c2cccc(NC(=O)C3CCCCC3)c2)CCCC1. The Hall–Kier alpha value is -2.37. The Balaban J connectivity index is 1.66. The molecule has 146 valence electrons. The van der Waals surface area contributed by atoms with E-state index < -0.39 is 11.5 Å². The van der Waals surface area contributed by atoms with Gasteiger partial charge in [-0.05, 0) is 43.9 Å². The fourth-order valence-electron chi connectivity index (χ4n) is 4.35. The van der Waals surface area contributed by atoms with Crippen LogP contribution in [0, 0.1) is 5.92 Å². The first-order valence-electron chi connectivity index (χ1n) is 9.93. The van der Waals surface area contributed by atoms with E-state index in [1.807, 2.05) is 0 Å². The van der Waals surface area contributed by atoms with E-state index in [1.54, 1.807) is 24.3 Å². The van der Waals surface area contributed by atoms with E-state index in [0.717, 1.165) is 38.5 Å². The number of carboxylic acid groups (broad SMARTS) is 1. The van der Waals surface area contributed by atoms with Gasteiger partial charge in [0.15, 0.2) is 0 Å². The maximum Gasteiger partial charge on any atom is 0.305 e. The number of aliphatic carboxylic acids is 1. The standard InChI is InChI=1S/C21H28N2O4/c24-18(25)14-21(11-4-5-12-21)23-20(27)16-9-6-10-17(13-16)22-19(26)15-7-2-1-3-8-15/h6,9-10,13,15H,1-5,7-8,11-12,14H2,(H,22,26)(H,23,27)(H,24,25). The van der Waals surface area contributed by atoms with Gasteiger partial charge in [-0.3, -0.25) is 14.4 Å². The molecule has 0 aromatic heterocycles. The summed E-state index contributed by atoms with van der Waals surface area (Å²) in [6.07, 6.45) is 8.36. The van der Waals surface area contributed by atoms with E-state index in [1.165, 1.54) is 6.42 Å². The van der Waals surface area contributed by atoms with Crippen molar-refractivity contribution in [1.29, 1.82) is 0 Å². The third-order valence-corrected chi connectivity index (χ3v) is 5.80. The maximum absolute atomic E-state index is 12.7. The van der Waals surface area contributed by atoms with Gasteiger partial charge in [0.05, 0.1) is 12.0 Å². The highest BCUT2D eigenvalue weighted by Crippen LogP contribution is 2.33. The molecule has 3 N–H and O–H groups in total. The minimum absolute atomic E-state index is 0.0189. The number of carbonyl (C=O) groups excluding carboxylic acids is 2. The zero-order chi connectivity index (χ0) is 19.3. The first-order valence-corrected chi connectivity index (χ1v) is 9.93. The van der Waals surface area contributed by atoms with Crippen LogP contribution in [0.1, 0.15) is 74.6 Å². The molecule has 2 aliphatic carbocycles. The largest absolute Gasteiger partial charge is 0.481 e. The molecule has 6 heteroatoms. The van der Waals surface area contributed by atoms with Gasteiger partial charge in [0, 0.05) is 17.2 Å². The van der Waals surface area contributed by atoms with Crippen LogP contribution in [-0.4, -0.2) is 28.4 Å². The Morgan fingerprint density at radius 1 is 1.04 bits per heavy atom. The second kappa shape index (κ2) is 8.55. The van der Waals surface area contributed by atoms with Crippen LogP contribution in [0.5, 0.6) is 0 Å². The smallest absolute Gasteiger partial charge is 0.305 e. The van der Waals surface area contributed by atoms with Crippen molar-refractivity contribution in [2.24, 2.45) is 5.92 Å². The second-order valence-electron chi connectivity index (χ2n) is 7.92. The summed E-state index contributed by atoms with van der Waals surface area (Å²) in [5, 5.41) is 15.1. The van der Waals surface area contributed by atoms with Crippen LogP contribution in [0.3, 0.4) is 0 Å². The van der Waals surface area contributed by atoms with Gasteiger partial charge in [0.2, 0.25) is 5.91 Å². The number of carboxylic acids is 1. The molecule has 1 aromatic rings. The second-order valence-corrected chi connectivity index (χ2v) is 7.92. The number of rotatable bonds is 6. The highest BCUT2D eigenvalue weighted by Gasteiger charge is 2.37. The van der Waals surface area contributed by atoms with Crippen molar-refractivity contribution in [3.63, 3.8) is 0 Å². The van der Waals surface area contributed by atoms with Crippen molar-refractivity contribution in [1.82, 2.24) is 5.32 Å². The molecule has 6 nitrogen and oxygen atoms in total. The summed E-state index contributed by atoms with van der Waals surface area (Å²) < 4.78 is 0. The normalized spacial score (nSPS) is 19.4. The summed E-state index contributed by atoms with van der Waals surface area (Å²) in [4.78, 5) is 36.3. The van der Waals surface area contributed by atoms with Crippen LogP contribution in [0.2, 0.25) is 0 Å². The van der Waals surface area contributed by atoms with Gasteiger partial charge in [0.1, 0.15) is 0 Å². The minimum Gasteiger partial charge on any atom is -0.481 e. The summed E-state index contributed by atoms with van der Waals surface area (Å²) >= 11 is 0. The molecule has 27 heavy (non-hydrogen) atoms. The molecule has 2 aliphatic rings. The number of nitrogens with one attached hydrogen (secondary N) is 2. The summed E-state index contributed by atoms with van der Waals surface area (Å²) in [6, 6.07) is 6.87. The van der Waals surface area contributed by atoms with Crippen LogP contribution in [-0.2, 0) is 9.59 Å². The Kier molecular flexibility index (Phi) is 6.14. The lowest BCUT2D eigenvalue weighted by Crippen LogP contribution is -2.47. The quantitative estimate of drug-likeness (QED) is 0.709. The number of amides is 2. The maximum atomic E-state index is 12.7. The third-order valence-electron chi connectivity index (χ3n) is 5.80. The predicted molar refractivity (Wildman–Crippen MR) is 103 cm³/mol. The van der Waals surface area contributed by atoms with Gasteiger partial charge < -0.3 is 15.7 Å². The van der Waals surface area contributed by atoms with Gasteiger partial charge in [-0.25, -0.2) is 0 Å². The van der Waals surface area contributed by atoms with Crippen molar-refractivity contribution in [3.8, 4) is 0 Å². The third kappa shape index (κ3) is 5.08. The molecule has 0 aliphatic heterocycles. The lowest BCUT2D eigenvalue weighted by atomic mass is 9.88. The van der Waals surface area contributed by atoms with Gasteiger partial charge >= 0.3 is 5.97 Å². The molecule has 0 bridgehead atoms. The average molecular weight is 372 g/mol. The molecule has 0 unspecified atom stereocenters. The summed E-state index contributed by atoms with van der Waals surface area (Å²) in [7, 11) is 0. The van der Waals surface area contributed by atoms with Gasteiger partial charge in [-0.1, -0.05) is 38.2 Å². The van der Waals surface area contributed by atoms with E-state index in [9.17, 15) is 19.5 Å². The lowest BCUT2D eigenvalue weighted by Gasteiger charge is -2.28. The minimum atomic E-state index is -0.898. The van der Waals surface area contributed by atoms with E-state index >= 15 is 0 Å². The number of hydrogen-bond acceptors (Lipinski definition) is 3. The van der Waals surface area contributed by atoms with Crippen LogP contribution in [0.4, 0.5) is 5.69 Å². The molecular weight excluding hydrogens is 344 g/mol. The average Bonchev–Trinajstić information content (AvgIpc) is 3.09. The molecule has 1 aromatic carbocycles. The topological polar surface area (TPSA) is 95.5 Å². The van der Waals surface area contributed by atoms with Crippen LogP contribution < -0.4 is 10.6 Å². The van der Waals surface area contributed by atoms with Crippen LogP contribution in [0.15, 0.2) is 24.3 Å². The molecule has 3 rings (SSSR count). The van der Waals surface area contributed by atoms with E-state index in [-0.39, 0.29) is 24.2 Å². The highest BCUT2D eigenvalue weighted by atomic mass is 16.4. The molecule has 2 fully saturated rings. The zero-order valence-electron chi connectivity index (χ0n) is 15.6. The first kappa shape index (κ1) is 19.4. The van der Waals surface area contributed by atoms with Crippen molar-refractivity contribution in [3.05, 3.63) is 29.8 Å². The molecular formula is C21H28N2O4. The Labute approximate surface area is 159 Å². The van der Waals surface area contributed by atoms with Crippen molar-refractivity contribution in [2.45, 2.75) is 69.7 Å². The molecule has 0 saturated heterocycles. The van der Waals surface area contributed by atoms with Crippen LogP contribution >= 0.6 is 0 Å². The van der Waals surface area contributed by atoms with E-state index in [0.29, 0.717) is 24.1 Å². The fourth-order valence-corrected chi connectivity index (χ4v) is 4.35. The van der Waals surface area contributed by atoms with Crippen molar-refractivity contribution < 1.29 is 19.5 Å². The van der Waals surface area contributed by atoms with Gasteiger partial charge in [0.25, 0.3) is 5.91 Å². The predicted octanol–water partition coefficient (Wildman–Crippen LogP) is 3.72. The zero-order valence-corrected chi connectivity index (χ0v) is 15.6. The highest BCUT2D eigenvalue weighted by molar-refractivity contribution is 5.98. The van der Waals surface area contributed by atoms with Crippen molar-refractivity contribution in [2.75, 3.05) is 5.32 Å². The number of anilines is 1. The van der Waals surface area contributed by atoms with Crippen molar-refractivity contribution >= 4 is 23.5 Å². The fraction of sp³-hybridized carbons (Fsp3) is 0.571. The van der Waals surface area contributed by atoms with E-state index in [2.05, 4.69) is 10.6 Å². The lowest BCUT2D eigenvalue weighted by molar-refractivity contribution is -0.138. The molecule has 0 radical (unpaired) electrons. The Morgan fingerprint density at radius 2 is 1.74 bits per heavy atom. The molecule has 2 saturated carbocycles. The Bertz CT molecular complexity index is 704. The number of benzene rings is 1. The molecule has 0 heterocycles. The summed E-state index contributed by atoms with van der Waals surface area (Å²) in [5.74, 6) is -1.11. The first-order chi connectivity index (χ1) is 13.0. The summed E-state index contributed by atoms with van der Waals surface area (Å²) in [5.41, 5.74) is 0.384. The summed E-state index contributed by atoms with van der Waals surface area (Å²) in [6.45, 7) is 0. The molecule has 0 atom stereocenters. The monoisotopic (exact) mass is 372 g/mol. The number of hydrogen-bond donors (Lipinski definition) is 3. The number of carbonyl (C=O) groups is 3.